The van der Waals surface area contributed by atoms with E-state index in [1.54, 1.807) is 0 Å². The van der Waals surface area contributed by atoms with Crippen molar-refractivity contribution in [2.24, 2.45) is 0 Å². The third kappa shape index (κ3) is 2.85. The average molecular weight is 279 g/mol. The monoisotopic (exact) mass is 279 g/mol. The van der Waals surface area contributed by atoms with Crippen LogP contribution in [0.2, 0.25) is 0 Å². The number of carboxylic acid groups (broad SMARTS) is 1. The Balaban J connectivity index is 2.24. The molecule has 0 amide bonds. The van der Waals surface area contributed by atoms with Crippen LogP contribution in [0, 0.1) is 11.6 Å². The van der Waals surface area contributed by atoms with Gasteiger partial charge >= 0.3 is 5.97 Å². The summed E-state index contributed by atoms with van der Waals surface area (Å²) in [5, 5.41) is 9.00. The zero-order valence-electron chi connectivity index (χ0n) is 10.3. The Morgan fingerprint density at radius 1 is 1.25 bits per heavy atom. The summed E-state index contributed by atoms with van der Waals surface area (Å²) in [6.07, 6.45) is 0. The van der Waals surface area contributed by atoms with E-state index in [1.807, 2.05) is 0 Å². The number of carbonyl (C=O) groups is 1. The lowest BCUT2D eigenvalue weighted by molar-refractivity contribution is 0.0692. The number of rotatable bonds is 4. The second-order valence-electron chi connectivity index (χ2n) is 4.06. The maximum absolute atomic E-state index is 13.4. The number of ether oxygens (including phenoxy) is 1. The van der Waals surface area contributed by atoms with Crippen molar-refractivity contribution in [2.45, 2.75) is 6.61 Å². The lowest BCUT2D eigenvalue weighted by atomic mass is 10.1. The van der Waals surface area contributed by atoms with E-state index in [9.17, 15) is 13.6 Å². The molecule has 0 aliphatic heterocycles. The summed E-state index contributed by atoms with van der Waals surface area (Å²) >= 11 is 0. The smallest absolute Gasteiger partial charge is 0.339 e. The van der Waals surface area contributed by atoms with Crippen molar-refractivity contribution in [1.29, 1.82) is 0 Å². The summed E-state index contributed by atoms with van der Waals surface area (Å²) in [6, 6.07) is 7.70. The third-order valence-electron chi connectivity index (χ3n) is 2.65. The number of carboxylic acids is 1. The first kappa shape index (κ1) is 13.8. The molecule has 2 rings (SSSR count). The molecule has 0 aromatic heterocycles. The van der Waals surface area contributed by atoms with Gasteiger partial charge in [0.2, 0.25) is 0 Å². The van der Waals surface area contributed by atoms with Crippen molar-refractivity contribution in [1.82, 2.24) is 0 Å². The zero-order valence-corrected chi connectivity index (χ0v) is 10.3. The first-order valence-electron chi connectivity index (χ1n) is 5.67. The molecule has 0 spiro atoms. The second-order valence-corrected chi connectivity index (χ2v) is 4.06. The van der Waals surface area contributed by atoms with Crippen LogP contribution in [-0.2, 0) is 6.61 Å². The van der Waals surface area contributed by atoms with Crippen LogP contribution in [0.25, 0.3) is 0 Å². The van der Waals surface area contributed by atoms with Crippen molar-refractivity contribution >= 4 is 11.7 Å². The standard InChI is InChI=1S/C14H11F2NO3/c15-11-3-1-2-8(13(11)16)7-20-12-6-9(17)4-5-10(12)14(18)19/h1-6H,7,17H2,(H,18,19). The van der Waals surface area contributed by atoms with Gasteiger partial charge in [-0.05, 0) is 18.2 Å². The van der Waals surface area contributed by atoms with Crippen molar-refractivity contribution in [3.8, 4) is 5.75 Å². The molecule has 0 heterocycles. The number of aromatic carboxylic acids is 1. The van der Waals surface area contributed by atoms with Gasteiger partial charge in [0, 0.05) is 17.3 Å². The molecule has 0 saturated heterocycles. The van der Waals surface area contributed by atoms with Crippen LogP contribution in [0.1, 0.15) is 15.9 Å². The van der Waals surface area contributed by atoms with Crippen molar-refractivity contribution in [3.05, 3.63) is 59.2 Å². The molecule has 2 aromatic rings. The predicted molar refractivity (Wildman–Crippen MR) is 68.5 cm³/mol. The minimum absolute atomic E-state index is 0.00108. The molecular formula is C14H11F2NO3. The van der Waals surface area contributed by atoms with Crippen LogP contribution < -0.4 is 10.5 Å². The van der Waals surface area contributed by atoms with Gasteiger partial charge < -0.3 is 15.6 Å². The van der Waals surface area contributed by atoms with Gasteiger partial charge in [-0.3, -0.25) is 0 Å². The van der Waals surface area contributed by atoms with Crippen LogP contribution in [0.3, 0.4) is 0 Å². The predicted octanol–water partition coefficient (Wildman–Crippen LogP) is 2.82. The first-order chi connectivity index (χ1) is 9.49. The van der Waals surface area contributed by atoms with Gasteiger partial charge in [-0.25, -0.2) is 13.6 Å². The molecule has 0 aliphatic carbocycles. The van der Waals surface area contributed by atoms with E-state index in [1.165, 1.54) is 30.3 Å². The van der Waals surface area contributed by atoms with Gasteiger partial charge in [-0.1, -0.05) is 12.1 Å². The highest BCUT2D eigenvalue weighted by molar-refractivity contribution is 5.91. The first-order valence-corrected chi connectivity index (χ1v) is 5.67. The molecule has 0 atom stereocenters. The van der Waals surface area contributed by atoms with E-state index in [0.29, 0.717) is 5.69 Å². The van der Waals surface area contributed by atoms with Gasteiger partial charge in [-0.15, -0.1) is 0 Å². The Hall–Kier alpha value is -2.63. The molecule has 0 fully saturated rings. The quantitative estimate of drug-likeness (QED) is 0.844. The Bertz CT molecular complexity index is 659. The van der Waals surface area contributed by atoms with E-state index in [4.69, 9.17) is 15.6 Å². The highest BCUT2D eigenvalue weighted by Gasteiger charge is 2.13. The molecule has 2 aromatic carbocycles. The number of anilines is 1. The molecule has 0 unspecified atom stereocenters. The molecule has 3 N–H and O–H groups in total. The summed E-state index contributed by atoms with van der Waals surface area (Å²) in [4.78, 5) is 11.0. The molecule has 0 bridgehead atoms. The van der Waals surface area contributed by atoms with E-state index >= 15 is 0 Å². The van der Waals surface area contributed by atoms with E-state index in [2.05, 4.69) is 0 Å². The van der Waals surface area contributed by atoms with Crippen LogP contribution in [-0.4, -0.2) is 11.1 Å². The average Bonchev–Trinajstić information content (AvgIpc) is 2.40. The summed E-state index contributed by atoms with van der Waals surface area (Å²) in [7, 11) is 0. The van der Waals surface area contributed by atoms with Crippen LogP contribution >= 0.6 is 0 Å². The molecule has 104 valence electrons. The molecular weight excluding hydrogens is 268 g/mol. The lowest BCUT2D eigenvalue weighted by Gasteiger charge is -2.10. The Kier molecular flexibility index (Phi) is 3.84. The summed E-state index contributed by atoms with van der Waals surface area (Å²) in [5.74, 6) is -3.20. The van der Waals surface area contributed by atoms with Crippen LogP contribution in [0.4, 0.5) is 14.5 Å². The Morgan fingerprint density at radius 3 is 2.70 bits per heavy atom. The van der Waals surface area contributed by atoms with Gasteiger partial charge in [0.15, 0.2) is 11.6 Å². The fourth-order valence-electron chi connectivity index (χ4n) is 1.65. The van der Waals surface area contributed by atoms with Crippen molar-refractivity contribution in [3.63, 3.8) is 0 Å². The molecule has 20 heavy (non-hydrogen) atoms. The van der Waals surface area contributed by atoms with Gasteiger partial charge in [-0.2, -0.15) is 0 Å². The van der Waals surface area contributed by atoms with E-state index < -0.39 is 17.6 Å². The number of hydrogen-bond donors (Lipinski definition) is 2. The number of hydrogen-bond acceptors (Lipinski definition) is 3. The summed E-state index contributed by atoms with van der Waals surface area (Å²) in [5.41, 5.74) is 5.74. The minimum Gasteiger partial charge on any atom is -0.488 e. The number of nitrogens with two attached hydrogens (primary N) is 1. The second kappa shape index (κ2) is 5.56. The summed E-state index contributed by atoms with van der Waals surface area (Å²) in [6.45, 7) is -0.298. The van der Waals surface area contributed by atoms with Crippen molar-refractivity contribution < 1.29 is 23.4 Å². The molecule has 0 aliphatic rings. The van der Waals surface area contributed by atoms with Crippen LogP contribution in [0.5, 0.6) is 5.75 Å². The maximum Gasteiger partial charge on any atom is 0.339 e. The van der Waals surface area contributed by atoms with E-state index in [-0.39, 0.29) is 23.5 Å². The fraction of sp³-hybridized carbons (Fsp3) is 0.0714. The largest absolute Gasteiger partial charge is 0.488 e. The minimum atomic E-state index is -1.19. The van der Waals surface area contributed by atoms with Crippen LogP contribution in [0.15, 0.2) is 36.4 Å². The molecule has 0 saturated carbocycles. The number of halogens is 2. The lowest BCUT2D eigenvalue weighted by Crippen LogP contribution is -2.05. The fourth-order valence-corrected chi connectivity index (χ4v) is 1.65. The highest BCUT2D eigenvalue weighted by atomic mass is 19.2. The Labute approximate surface area is 113 Å². The third-order valence-corrected chi connectivity index (χ3v) is 2.65. The normalized spacial score (nSPS) is 10.3. The van der Waals surface area contributed by atoms with Gasteiger partial charge in [0.05, 0.1) is 0 Å². The van der Waals surface area contributed by atoms with Crippen molar-refractivity contribution in [2.75, 3.05) is 5.73 Å². The number of nitrogen functional groups attached to an aromatic ring is 1. The molecule has 4 nitrogen and oxygen atoms in total. The molecule has 0 radical (unpaired) electrons. The highest BCUT2D eigenvalue weighted by Crippen LogP contribution is 2.23. The topological polar surface area (TPSA) is 72.6 Å². The van der Waals surface area contributed by atoms with E-state index in [0.717, 1.165) is 6.07 Å². The summed E-state index contributed by atoms with van der Waals surface area (Å²) < 4.78 is 31.7. The maximum atomic E-state index is 13.4. The zero-order chi connectivity index (χ0) is 14.7. The molecule has 6 heteroatoms. The number of benzene rings is 2. The van der Waals surface area contributed by atoms with Gasteiger partial charge in [0.1, 0.15) is 17.9 Å². The van der Waals surface area contributed by atoms with Gasteiger partial charge in [0.25, 0.3) is 0 Å². The SMILES string of the molecule is Nc1ccc(C(=O)O)c(OCc2cccc(F)c2F)c1. The Morgan fingerprint density at radius 2 is 2.00 bits per heavy atom.